The van der Waals surface area contributed by atoms with E-state index < -0.39 is 17.9 Å². The fraction of sp³-hybridized carbons (Fsp3) is 0.826. The summed E-state index contributed by atoms with van der Waals surface area (Å²) in [4.78, 5) is 68.2. The third kappa shape index (κ3) is 31.8. The van der Waals surface area contributed by atoms with E-state index in [-0.39, 0.29) is 49.8 Å². The van der Waals surface area contributed by atoms with E-state index in [1.807, 2.05) is 0 Å². The van der Waals surface area contributed by atoms with Crippen molar-refractivity contribution in [2.45, 2.75) is 168 Å². The molecule has 14 nitrogen and oxygen atoms in total. The number of aromatic nitrogens is 2. The van der Waals surface area contributed by atoms with E-state index in [1.165, 1.54) is 96.7 Å². The first-order valence-electron chi connectivity index (χ1n) is 23.3. The molecule has 1 rings (SSSR count). The van der Waals surface area contributed by atoms with Crippen LogP contribution in [0, 0.1) is 11.8 Å². The van der Waals surface area contributed by atoms with Crippen LogP contribution in [0.3, 0.4) is 0 Å². The molecule has 346 valence electrons. The number of nitrogens with one attached hydrogen (secondary N) is 3. The average Bonchev–Trinajstić information content (AvgIpc) is 3.75. The summed E-state index contributed by atoms with van der Waals surface area (Å²) in [6, 6.07) is -0.714. The molecule has 0 aliphatic rings. The second-order valence-corrected chi connectivity index (χ2v) is 16.2. The van der Waals surface area contributed by atoms with E-state index in [0.29, 0.717) is 90.2 Å². The number of nitrogens with two attached hydrogens (primary N) is 1. The number of H-pyrrole nitrogens is 1. The van der Waals surface area contributed by atoms with Crippen LogP contribution in [0.4, 0.5) is 0 Å². The van der Waals surface area contributed by atoms with Gasteiger partial charge >= 0.3 is 0 Å². The lowest BCUT2D eigenvalue weighted by molar-refractivity contribution is -0.131. The summed E-state index contributed by atoms with van der Waals surface area (Å²) in [5, 5.41) is 5.51. The van der Waals surface area contributed by atoms with Crippen LogP contribution in [0.25, 0.3) is 0 Å². The van der Waals surface area contributed by atoms with Crippen LogP contribution >= 0.6 is 0 Å². The molecule has 0 aromatic carbocycles. The fourth-order valence-corrected chi connectivity index (χ4v) is 7.12. The molecule has 0 bridgehead atoms. The van der Waals surface area contributed by atoms with Gasteiger partial charge < -0.3 is 40.3 Å². The zero-order valence-electron chi connectivity index (χ0n) is 37.7. The van der Waals surface area contributed by atoms with E-state index in [1.54, 1.807) is 13.1 Å². The number of aromatic amines is 1. The Morgan fingerprint density at radius 1 is 0.650 bits per heavy atom. The molecular weight excluding hydrogens is 767 g/mol. The quantitative estimate of drug-likeness (QED) is 0.0505. The molecule has 0 saturated heterocycles. The van der Waals surface area contributed by atoms with Crippen molar-refractivity contribution >= 4 is 29.2 Å². The summed E-state index contributed by atoms with van der Waals surface area (Å²) in [5.74, 6) is -1.30. The Bertz CT molecular complexity index is 1230. The third-order valence-electron chi connectivity index (χ3n) is 10.8. The van der Waals surface area contributed by atoms with Gasteiger partial charge in [-0.25, -0.2) is 4.98 Å². The predicted octanol–water partition coefficient (Wildman–Crippen LogP) is 6.77. The van der Waals surface area contributed by atoms with Gasteiger partial charge in [0.25, 0.3) is 0 Å². The van der Waals surface area contributed by atoms with Crippen molar-refractivity contribution in [3.8, 4) is 0 Å². The van der Waals surface area contributed by atoms with Crippen LogP contribution < -0.4 is 16.4 Å². The number of carbonyl (C=O) groups is 5. The lowest BCUT2D eigenvalue weighted by atomic mass is 9.81. The van der Waals surface area contributed by atoms with Gasteiger partial charge in [0.1, 0.15) is 24.8 Å². The topological polar surface area (TPSA) is 201 Å². The number of imidazole rings is 1. The molecule has 3 atom stereocenters. The van der Waals surface area contributed by atoms with E-state index in [9.17, 15) is 24.0 Å². The minimum absolute atomic E-state index is 0.0466. The van der Waals surface area contributed by atoms with Gasteiger partial charge in [0.2, 0.25) is 11.8 Å². The molecule has 1 unspecified atom stereocenters. The summed E-state index contributed by atoms with van der Waals surface area (Å²) in [6.07, 6.45) is 27.1. The molecule has 60 heavy (non-hydrogen) atoms. The van der Waals surface area contributed by atoms with Crippen LogP contribution in [0.2, 0.25) is 0 Å². The molecule has 1 aromatic rings. The molecule has 1 aromatic heterocycles. The SMILES string of the molecule is CCCCCCCCCCCCCCCCCC(=O)CCCOCCOCC(=O)NCCOCCOCC(=O)NCCCC[C@@H](C(C)=O)C(C)C(=O)[C@@H](N)Cc1cnc[nH]1. The standard InChI is InChI=1S/C46H83N5O9/c1-4-5-6-7-8-9-10-11-12-13-14-15-16-17-18-22-41(53)23-21-27-57-29-31-59-36-45(55)50-26-28-58-30-32-60-35-44(54)49-25-20-19-24-42(39(3)52)38(2)46(56)43(47)33-40-34-48-37-51-40/h34,37-38,42-43H,4-33,35-36,47H2,1-3H3,(H,48,51)(H,49,54)(H,50,55)/t38?,42-,43+/m1/s1. The van der Waals surface area contributed by atoms with E-state index in [2.05, 4.69) is 27.5 Å². The number of amides is 2. The second kappa shape index (κ2) is 38.9. The number of ketones is 3. The van der Waals surface area contributed by atoms with E-state index >= 15 is 0 Å². The monoisotopic (exact) mass is 850 g/mol. The fourth-order valence-electron chi connectivity index (χ4n) is 7.12. The van der Waals surface area contributed by atoms with Crippen molar-refractivity contribution in [3.63, 3.8) is 0 Å². The Morgan fingerprint density at radius 2 is 1.17 bits per heavy atom. The molecule has 2 amide bonds. The summed E-state index contributed by atoms with van der Waals surface area (Å²) in [7, 11) is 0. The van der Waals surface area contributed by atoms with Gasteiger partial charge in [-0.3, -0.25) is 24.0 Å². The number of ether oxygens (including phenoxy) is 4. The van der Waals surface area contributed by atoms with Crippen LogP contribution in [0.1, 0.15) is 161 Å². The van der Waals surface area contributed by atoms with Gasteiger partial charge in [0.05, 0.1) is 45.4 Å². The lowest BCUT2D eigenvalue weighted by Gasteiger charge is -2.23. The molecule has 5 N–H and O–H groups in total. The lowest BCUT2D eigenvalue weighted by Crippen LogP contribution is -2.40. The number of rotatable bonds is 44. The Labute approximate surface area is 361 Å². The van der Waals surface area contributed by atoms with Gasteiger partial charge in [-0.1, -0.05) is 110 Å². The summed E-state index contributed by atoms with van der Waals surface area (Å²) >= 11 is 0. The van der Waals surface area contributed by atoms with Gasteiger partial charge in [-0.05, 0) is 32.6 Å². The molecule has 0 fully saturated rings. The molecule has 0 spiro atoms. The largest absolute Gasteiger partial charge is 0.379 e. The van der Waals surface area contributed by atoms with Crippen molar-refractivity contribution in [2.75, 3.05) is 65.9 Å². The van der Waals surface area contributed by atoms with Crippen LogP contribution in [0.15, 0.2) is 12.5 Å². The number of carbonyl (C=O) groups excluding carboxylic acids is 5. The maximum atomic E-state index is 12.9. The van der Waals surface area contributed by atoms with Gasteiger partial charge in [0, 0.05) is 62.7 Å². The summed E-state index contributed by atoms with van der Waals surface area (Å²) in [6.45, 7) is 8.08. The summed E-state index contributed by atoms with van der Waals surface area (Å²) in [5.41, 5.74) is 6.88. The maximum absolute atomic E-state index is 12.9. The van der Waals surface area contributed by atoms with E-state index in [0.717, 1.165) is 18.5 Å². The van der Waals surface area contributed by atoms with Crippen LogP contribution in [0.5, 0.6) is 0 Å². The van der Waals surface area contributed by atoms with Gasteiger partial charge in [0.15, 0.2) is 5.78 Å². The first kappa shape index (κ1) is 55.0. The summed E-state index contributed by atoms with van der Waals surface area (Å²) < 4.78 is 21.7. The first-order chi connectivity index (χ1) is 29.1. The molecule has 0 aliphatic heterocycles. The normalized spacial score (nSPS) is 12.9. The van der Waals surface area contributed by atoms with E-state index in [4.69, 9.17) is 24.7 Å². The highest BCUT2D eigenvalue weighted by molar-refractivity contribution is 5.91. The molecule has 0 radical (unpaired) electrons. The number of hydrogen-bond donors (Lipinski definition) is 4. The Hall–Kier alpha value is -3.04. The van der Waals surface area contributed by atoms with Crippen molar-refractivity contribution in [1.82, 2.24) is 20.6 Å². The molecule has 14 heteroatoms. The smallest absolute Gasteiger partial charge is 0.246 e. The zero-order chi connectivity index (χ0) is 43.9. The molecular formula is C46H83N5O9. The molecule has 1 heterocycles. The number of unbranched alkanes of at least 4 members (excludes halogenated alkanes) is 15. The van der Waals surface area contributed by atoms with Crippen molar-refractivity contribution in [2.24, 2.45) is 17.6 Å². The Morgan fingerprint density at radius 3 is 1.72 bits per heavy atom. The van der Waals surface area contributed by atoms with Crippen LogP contribution in [-0.2, 0) is 49.3 Å². The Balaban J connectivity index is 1.86. The van der Waals surface area contributed by atoms with Crippen LogP contribution in [-0.4, -0.2) is 111 Å². The van der Waals surface area contributed by atoms with Crippen molar-refractivity contribution in [1.29, 1.82) is 0 Å². The van der Waals surface area contributed by atoms with Crippen molar-refractivity contribution in [3.05, 3.63) is 18.2 Å². The minimum atomic E-state index is -0.714. The zero-order valence-corrected chi connectivity index (χ0v) is 37.7. The minimum Gasteiger partial charge on any atom is -0.379 e. The molecule has 0 aliphatic carbocycles. The Kier molecular flexibility index (Phi) is 35.6. The highest BCUT2D eigenvalue weighted by Crippen LogP contribution is 2.22. The van der Waals surface area contributed by atoms with Crippen molar-refractivity contribution < 1.29 is 42.9 Å². The molecule has 0 saturated carbocycles. The highest BCUT2D eigenvalue weighted by Gasteiger charge is 2.30. The number of Topliss-reactive ketones (excluding diaryl/α,β-unsaturated/α-hetero) is 3. The number of nitrogens with zero attached hydrogens (tertiary/aromatic N) is 1. The van der Waals surface area contributed by atoms with Gasteiger partial charge in [-0.15, -0.1) is 0 Å². The maximum Gasteiger partial charge on any atom is 0.246 e. The second-order valence-electron chi connectivity index (χ2n) is 16.2. The highest BCUT2D eigenvalue weighted by atomic mass is 16.5. The third-order valence-corrected chi connectivity index (χ3v) is 10.8. The predicted molar refractivity (Wildman–Crippen MR) is 236 cm³/mol. The first-order valence-corrected chi connectivity index (χ1v) is 23.3. The number of hydrogen-bond acceptors (Lipinski definition) is 11. The average molecular weight is 850 g/mol. The van der Waals surface area contributed by atoms with Gasteiger partial charge in [-0.2, -0.15) is 0 Å².